The molecule has 2 aliphatic rings. The van der Waals surface area contributed by atoms with Crippen LogP contribution < -0.4 is 4.90 Å². The molecule has 0 bridgehead atoms. The number of carbonyl (C=O) groups excluding carboxylic acids is 2. The normalized spacial score (nSPS) is 16.8. The van der Waals surface area contributed by atoms with Gasteiger partial charge in [-0.1, -0.05) is 24.3 Å². The van der Waals surface area contributed by atoms with Crippen molar-refractivity contribution in [2.75, 3.05) is 25.5 Å². The monoisotopic (exact) mass is 348 g/mol. The Morgan fingerprint density at radius 2 is 1.50 bits per heavy atom. The molecule has 0 radical (unpaired) electrons. The predicted octanol–water partition coefficient (Wildman–Crippen LogP) is 3.06. The third-order valence-electron chi connectivity index (χ3n) is 4.30. The van der Waals surface area contributed by atoms with Crippen LogP contribution in [0.1, 0.15) is 12.5 Å². The summed E-state index contributed by atoms with van der Waals surface area (Å²) in [6.45, 7) is 2.59. The van der Waals surface area contributed by atoms with Crippen molar-refractivity contribution in [3.05, 3.63) is 71.0 Å². The van der Waals surface area contributed by atoms with E-state index in [2.05, 4.69) is 4.99 Å². The molecule has 0 amide bonds. The molecular formula is C21H20N2O3. The number of ketones is 2. The molecule has 2 aliphatic carbocycles. The average Bonchev–Trinajstić information content (AvgIpc) is 2.85. The summed E-state index contributed by atoms with van der Waals surface area (Å²) < 4.78 is 0. The van der Waals surface area contributed by atoms with Crippen molar-refractivity contribution < 1.29 is 14.7 Å². The zero-order valence-corrected chi connectivity index (χ0v) is 15.0. The molecule has 0 aromatic heterocycles. The Hall–Kier alpha value is -3.21. The Morgan fingerprint density at radius 3 is 2.04 bits per heavy atom. The van der Waals surface area contributed by atoms with Gasteiger partial charge in [-0.3, -0.25) is 14.6 Å². The Morgan fingerprint density at radius 1 is 0.923 bits per heavy atom. The van der Waals surface area contributed by atoms with Crippen LogP contribution in [-0.2, 0) is 9.59 Å². The largest absolute Gasteiger partial charge is 0.506 e. The molecule has 26 heavy (non-hydrogen) atoms. The van der Waals surface area contributed by atoms with Crippen molar-refractivity contribution in [1.29, 1.82) is 0 Å². The lowest BCUT2D eigenvalue weighted by molar-refractivity contribution is -0.130. The van der Waals surface area contributed by atoms with Crippen LogP contribution in [0.15, 0.2) is 70.5 Å². The number of hydrogen-bond acceptors (Lipinski definition) is 5. The van der Waals surface area contributed by atoms with Gasteiger partial charge in [0.1, 0.15) is 5.76 Å². The minimum atomic E-state index is -0.686. The van der Waals surface area contributed by atoms with Crippen molar-refractivity contribution in [3.8, 4) is 0 Å². The molecule has 5 nitrogen and oxygen atoms in total. The molecular weight excluding hydrogens is 328 g/mol. The van der Waals surface area contributed by atoms with E-state index >= 15 is 0 Å². The van der Waals surface area contributed by atoms with Crippen molar-refractivity contribution in [2.45, 2.75) is 6.92 Å². The smallest absolute Gasteiger partial charge is 0.238 e. The molecule has 1 N–H and O–H groups in total. The number of carbonyl (C=O) groups is 2. The van der Waals surface area contributed by atoms with Crippen LogP contribution in [0.25, 0.3) is 5.57 Å². The van der Waals surface area contributed by atoms with E-state index in [4.69, 9.17) is 0 Å². The highest BCUT2D eigenvalue weighted by atomic mass is 16.3. The van der Waals surface area contributed by atoms with Crippen LogP contribution in [-0.4, -0.2) is 43.0 Å². The van der Waals surface area contributed by atoms with Crippen LogP contribution in [0, 0.1) is 0 Å². The van der Waals surface area contributed by atoms with Gasteiger partial charge >= 0.3 is 0 Å². The second kappa shape index (κ2) is 6.96. The van der Waals surface area contributed by atoms with E-state index in [0.717, 1.165) is 11.4 Å². The SMILES string of the molecule is CCN=C1C=CC(=C2C(=O)C(=O)C(c3ccc(N(C)C)cc3)=C2O)C=C1. The first-order chi connectivity index (χ1) is 12.4. The maximum absolute atomic E-state index is 12.5. The van der Waals surface area contributed by atoms with E-state index in [9.17, 15) is 14.7 Å². The molecule has 1 aromatic carbocycles. The van der Waals surface area contributed by atoms with Crippen LogP contribution in [0.2, 0.25) is 0 Å². The fourth-order valence-electron chi connectivity index (χ4n) is 2.95. The highest BCUT2D eigenvalue weighted by Crippen LogP contribution is 2.34. The Labute approximate surface area is 152 Å². The topological polar surface area (TPSA) is 70.0 Å². The van der Waals surface area contributed by atoms with Crippen LogP contribution in [0.4, 0.5) is 5.69 Å². The summed E-state index contributed by atoms with van der Waals surface area (Å²) in [6, 6.07) is 7.15. The molecule has 0 fully saturated rings. The lowest BCUT2D eigenvalue weighted by atomic mass is 10.0. The Balaban J connectivity index is 2.05. The average molecular weight is 348 g/mol. The fraction of sp³-hybridized carbons (Fsp3) is 0.190. The van der Waals surface area contributed by atoms with Gasteiger partial charge < -0.3 is 10.0 Å². The molecule has 0 spiro atoms. The number of aliphatic hydroxyl groups excluding tert-OH is 1. The predicted molar refractivity (Wildman–Crippen MR) is 104 cm³/mol. The first-order valence-corrected chi connectivity index (χ1v) is 8.39. The highest BCUT2D eigenvalue weighted by Gasteiger charge is 2.38. The minimum absolute atomic E-state index is 0.0461. The molecule has 5 heteroatoms. The van der Waals surface area contributed by atoms with Crippen molar-refractivity contribution >= 4 is 28.5 Å². The van der Waals surface area contributed by atoms with Gasteiger partial charge in [0, 0.05) is 26.3 Å². The number of aliphatic imine (C=N–C) groups is 1. The molecule has 0 saturated heterocycles. The minimum Gasteiger partial charge on any atom is -0.506 e. The third kappa shape index (κ3) is 3.04. The number of Topliss-reactive ketones (excluding diaryl/α,β-unsaturated/α-hetero) is 2. The highest BCUT2D eigenvalue weighted by molar-refractivity contribution is 6.63. The molecule has 0 saturated carbocycles. The van der Waals surface area contributed by atoms with Gasteiger partial charge in [0.05, 0.1) is 16.9 Å². The summed E-state index contributed by atoms with van der Waals surface area (Å²) in [4.78, 5) is 31.1. The third-order valence-corrected chi connectivity index (χ3v) is 4.30. The molecule has 0 heterocycles. The summed E-state index contributed by atoms with van der Waals surface area (Å²) in [5, 5.41) is 10.6. The first-order valence-electron chi connectivity index (χ1n) is 8.39. The number of aliphatic hydroxyl groups is 1. The van der Waals surface area contributed by atoms with Gasteiger partial charge in [-0.2, -0.15) is 0 Å². The molecule has 0 unspecified atom stereocenters. The van der Waals surface area contributed by atoms with Crippen molar-refractivity contribution in [1.82, 2.24) is 0 Å². The van der Waals surface area contributed by atoms with Crippen molar-refractivity contribution in [2.24, 2.45) is 4.99 Å². The van der Waals surface area contributed by atoms with E-state index in [1.54, 1.807) is 36.4 Å². The molecule has 1 aromatic rings. The molecule has 132 valence electrons. The lowest BCUT2D eigenvalue weighted by Gasteiger charge is -2.12. The zero-order chi connectivity index (χ0) is 18.8. The van der Waals surface area contributed by atoms with Gasteiger partial charge in [-0.05, 0) is 42.3 Å². The second-order valence-corrected chi connectivity index (χ2v) is 6.22. The molecule has 0 aliphatic heterocycles. The number of anilines is 1. The van der Waals surface area contributed by atoms with Gasteiger partial charge in [-0.25, -0.2) is 0 Å². The summed E-state index contributed by atoms with van der Waals surface area (Å²) in [6.07, 6.45) is 6.92. The fourth-order valence-corrected chi connectivity index (χ4v) is 2.95. The van der Waals surface area contributed by atoms with E-state index < -0.39 is 11.6 Å². The standard InChI is InChI=1S/C21H20N2O3/c1-4-22-15-9-5-13(6-10-15)17-19(24)18(21(26)20(17)25)14-7-11-16(12-8-14)23(2)3/h5-12,24H,4H2,1-3H3. The lowest BCUT2D eigenvalue weighted by Crippen LogP contribution is -2.12. The number of benzene rings is 1. The quantitative estimate of drug-likeness (QED) is 0.673. The van der Waals surface area contributed by atoms with Crippen LogP contribution >= 0.6 is 0 Å². The summed E-state index contributed by atoms with van der Waals surface area (Å²) >= 11 is 0. The maximum Gasteiger partial charge on any atom is 0.238 e. The van der Waals surface area contributed by atoms with Gasteiger partial charge in [0.25, 0.3) is 0 Å². The Bertz CT molecular complexity index is 909. The van der Waals surface area contributed by atoms with Crippen LogP contribution in [0.5, 0.6) is 0 Å². The first kappa shape index (κ1) is 17.6. The van der Waals surface area contributed by atoms with Gasteiger partial charge in [-0.15, -0.1) is 0 Å². The molecule has 0 atom stereocenters. The van der Waals surface area contributed by atoms with Crippen LogP contribution in [0.3, 0.4) is 0 Å². The molecule has 3 rings (SSSR count). The van der Waals surface area contributed by atoms with Gasteiger partial charge in [0.2, 0.25) is 11.6 Å². The number of allylic oxidation sites excluding steroid dienone is 7. The summed E-state index contributed by atoms with van der Waals surface area (Å²) in [5.74, 6) is -1.63. The summed E-state index contributed by atoms with van der Waals surface area (Å²) in [5.41, 5.74) is 2.89. The van der Waals surface area contributed by atoms with E-state index in [1.165, 1.54) is 0 Å². The van der Waals surface area contributed by atoms with Crippen molar-refractivity contribution in [3.63, 3.8) is 0 Å². The second-order valence-electron chi connectivity index (χ2n) is 6.22. The van der Waals surface area contributed by atoms with E-state index in [0.29, 0.717) is 17.7 Å². The number of nitrogens with zero attached hydrogens (tertiary/aromatic N) is 2. The Kier molecular flexibility index (Phi) is 4.71. The number of rotatable bonds is 3. The summed E-state index contributed by atoms with van der Waals surface area (Å²) in [7, 11) is 3.83. The maximum atomic E-state index is 12.5. The van der Waals surface area contributed by atoms with E-state index in [-0.39, 0.29) is 16.9 Å². The van der Waals surface area contributed by atoms with Gasteiger partial charge in [0.15, 0.2) is 0 Å². The number of hydrogen-bond donors (Lipinski definition) is 1. The van der Waals surface area contributed by atoms with E-state index in [1.807, 2.05) is 38.1 Å². The zero-order valence-electron chi connectivity index (χ0n) is 15.0.